The molecule has 1 aromatic carbocycles. The zero-order chi connectivity index (χ0) is 18.1. The van der Waals surface area contributed by atoms with Gasteiger partial charge >= 0.3 is 5.88 Å². The fraction of sp³-hybridized carbons (Fsp3) is 0.176. The van der Waals surface area contributed by atoms with E-state index in [1.54, 1.807) is 11.8 Å². The number of benzene rings is 1. The Morgan fingerprint density at radius 1 is 1.28 bits per heavy atom. The van der Waals surface area contributed by atoms with Gasteiger partial charge in [0.15, 0.2) is 10.9 Å². The molecule has 0 spiro atoms. The Morgan fingerprint density at radius 2 is 1.96 bits per heavy atom. The first-order valence-electron chi connectivity index (χ1n) is 7.51. The summed E-state index contributed by atoms with van der Waals surface area (Å²) in [7, 11) is 0. The summed E-state index contributed by atoms with van der Waals surface area (Å²) < 4.78 is 5.28. The fourth-order valence-corrected chi connectivity index (χ4v) is 3.26. The summed E-state index contributed by atoms with van der Waals surface area (Å²) in [6.07, 6.45) is 0. The van der Waals surface area contributed by atoms with Crippen LogP contribution >= 0.6 is 12.2 Å². The molecular weight excluding hydrogens is 342 g/mol. The number of carbonyl (C=O) groups is 1. The maximum Gasteiger partial charge on any atom is 0.433 e. The largest absolute Gasteiger partial charge is 0.433 e. The molecule has 2 heterocycles. The smallest absolute Gasteiger partial charge is 0.403 e. The van der Waals surface area contributed by atoms with Crippen LogP contribution in [0.25, 0.3) is 0 Å². The predicted molar refractivity (Wildman–Crippen MR) is 96.1 cm³/mol. The summed E-state index contributed by atoms with van der Waals surface area (Å²) in [6.45, 7) is 3.24. The molecule has 8 heteroatoms. The van der Waals surface area contributed by atoms with Crippen molar-refractivity contribution in [1.29, 1.82) is 0 Å². The van der Waals surface area contributed by atoms with Crippen molar-refractivity contribution >= 4 is 34.7 Å². The van der Waals surface area contributed by atoms with E-state index in [-0.39, 0.29) is 17.4 Å². The number of thiocarbonyl (C=S) groups is 1. The van der Waals surface area contributed by atoms with E-state index in [1.807, 2.05) is 30.3 Å². The van der Waals surface area contributed by atoms with Gasteiger partial charge < -0.3 is 9.73 Å². The van der Waals surface area contributed by atoms with Crippen molar-refractivity contribution in [2.24, 2.45) is 0 Å². The second-order valence-corrected chi connectivity index (χ2v) is 5.93. The van der Waals surface area contributed by atoms with Gasteiger partial charge in [-0.2, -0.15) is 0 Å². The minimum atomic E-state index is -0.668. The van der Waals surface area contributed by atoms with Gasteiger partial charge in [-0.25, -0.2) is 0 Å². The van der Waals surface area contributed by atoms with Gasteiger partial charge in [0.25, 0.3) is 0 Å². The zero-order valence-corrected chi connectivity index (χ0v) is 14.4. The Morgan fingerprint density at radius 3 is 2.52 bits per heavy atom. The van der Waals surface area contributed by atoms with Crippen LogP contribution < -0.4 is 10.2 Å². The number of nitrogens with one attached hydrogen (secondary N) is 1. The van der Waals surface area contributed by atoms with Gasteiger partial charge in [-0.1, -0.05) is 18.2 Å². The van der Waals surface area contributed by atoms with Gasteiger partial charge in [-0.15, -0.1) is 0 Å². The van der Waals surface area contributed by atoms with Crippen LogP contribution in [0.2, 0.25) is 0 Å². The van der Waals surface area contributed by atoms with Crippen LogP contribution in [0.4, 0.5) is 11.6 Å². The van der Waals surface area contributed by atoms with Crippen LogP contribution in [0.5, 0.6) is 0 Å². The molecule has 1 aromatic heterocycles. The molecule has 0 saturated heterocycles. The maximum atomic E-state index is 12.3. The topological polar surface area (TPSA) is 88.6 Å². The number of ketones is 1. The zero-order valence-electron chi connectivity index (χ0n) is 13.6. The lowest BCUT2D eigenvalue weighted by Gasteiger charge is -2.36. The Bertz CT molecular complexity index is 888. The van der Waals surface area contributed by atoms with Gasteiger partial charge in [0.05, 0.1) is 6.07 Å². The van der Waals surface area contributed by atoms with Crippen molar-refractivity contribution in [2.45, 2.75) is 19.9 Å². The number of rotatable bonds is 4. The molecule has 3 rings (SSSR count). The van der Waals surface area contributed by atoms with E-state index in [0.717, 1.165) is 5.69 Å². The molecule has 0 fully saturated rings. The molecule has 0 aliphatic carbocycles. The third-order valence-corrected chi connectivity index (χ3v) is 4.26. The van der Waals surface area contributed by atoms with E-state index < -0.39 is 11.0 Å². The van der Waals surface area contributed by atoms with Crippen molar-refractivity contribution in [2.75, 3.05) is 4.90 Å². The van der Waals surface area contributed by atoms with E-state index >= 15 is 0 Å². The van der Waals surface area contributed by atoms with Crippen LogP contribution in [0.1, 0.15) is 25.6 Å². The predicted octanol–water partition coefficient (Wildman–Crippen LogP) is 3.49. The maximum absolute atomic E-state index is 12.3. The normalized spacial score (nSPS) is 17.4. The van der Waals surface area contributed by atoms with Crippen LogP contribution in [-0.4, -0.2) is 15.8 Å². The number of nitrogens with zero attached hydrogens (tertiary/aromatic N) is 2. The van der Waals surface area contributed by atoms with E-state index in [0.29, 0.717) is 16.4 Å². The van der Waals surface area contributed by atoms with Crippen molar-refractivity contribution in [3.8, 4) is 0 Å². The molecule has 0 saturated carbocycles. The van der Waals surface area contributed by atoms with Crippen LogP contribution in [-0.2, 0) is 4.79 Å². The fourth-order valence-electron chi connectivity index (χ4n) is 2.90. The Kier molecular flexibility index (Phi) is 4.37. The molecule has 0 bridgehead atoms. The summed E-state index contributed by atoms with van der Waals surface area (Å²) in [6, 6.07) is 11.5. The highest BCUT2D eigenvalue weighted by atomic mass is 32.1. The monoisotopic (exact) mass is 357 g/mol. The number of carbonyl (C=O) groups excluding carboxylic acids is 1. The Labute approximate surface area is 149 Å². The SMILES string of the molecule is CC(=O)C1=C(C)N(c2ccccc2)C(=S)N[C@H]1c1ccc([N+](=O)[O-])o1. The number of anilines is 1. The molecule has 2 aromatic rings. The number of para-hydroxylation sites is 1. The third kappa shape index (κ3) is 3.03. The quantitative estimate of drug-likeness (QED) is 0.509. The Balaban J connectivity index is 2.09. The van der Waals surface area contributed by atoms with Crippen molar-refractivity contribution in [1.82, 2.24) is 5.32 Å². The molecule has 1 N–H and O–H groups in total. The number of furan rings is 1. The van der Waals surface area contributed by atoms with Gasteiger partial charge in [0, 0.05) is 17.0 Å². The number of nitro groups is 1. The molecule has 128 valence electrons. The Hall–Kier alpha value is -3.00. The van der Waals surface area contributed by atoms with Crippen molar-refractivity contribution < 1.29 is 14.1 Å². The van der Waals surface area contributed by atoms with Gasteiger partial charge in [0.2, 0.25) is 0 Å². The molecule has 1 aliphatic heterocycles. The van der Waals surface area contributed by atoms with Gasteiger partial charge in [0.1, 0.15) is 16.7 Å². The van der Waals surface area contributed by atoms with Crippen LogP contribution in [0.3, 0.4) is 0 Å². The number of hydrogen-bond donors (Lipinski definition) is 1. The second-order valence-electron chi connectivity index (χ2n) is 5.54. The summed E-state index contributed by atoms with van der Waals surface area (Å²) >= 11 is 5.45. The second kappa shape index (κ2) is 6.48. The lowest BCUT2D eigenvalue weighted by molar-refractivity contribution is -0.402. The lowest BCUT2D eigenvalue weighted by atomic mass is 9.96. The molecule has 25 heavy (non-hydrogen) atoms. The first kappa shape index (κ1) is 16.8. The van der Waals surface area contributed by atoms with Gasteiger partial charge in [-0.3, -0.25) is 19.8 Å². The summed E-state index contributed by atoms with van der Waals surface area (Å²) in [5.74, 6) is -0.280. The van der Waals surface area contributed by atoms with E-state index in [1.165, 1.54) is 19.1 Å². The first-order valence-corrected chi connectivity index (χ1v) is 7.92. The highest BCUT2D eigenvalue weighted by Crippen LogP contribution is 2.35. The average Bonchev–Trinajstić information content (AvgIpc) is 3.05. The van der Waals surface area contributed by atoms with Crippen molar-refractivity contribution in [3.05, 3.63) is 69.6 Å². The van der Waals surface area contributed by atoms with Gasteiger partial charge in [-0.05, 0) is 44.3 Å². The molecule has 0 amide bonds. The highest BCUT2D eigenvalue weighted by molar-refractivity contribution is 7.80. The summed E-state index contributed by atoms with van der Waals surface area (Å²) in [5.41, 5.74) is 1.92. The molecule has 1 atom stereocenters. The van der Waals surface area contributed by atoms with Crippen molar-refractivity contribution in [3.63, 3.8) is 0 Å². The third-order valence-electron chi connectivity index (χ3n) is 3.96. The van der Waals surface area contributed by atoms with E-state index in [4.69, 9.17) is 16.6 Å². The number of hydrogen-bond acceptors (Lipinski definition) is 5. The minimum absolute atomic E-state index is 0.169. The standard InChI is InChI=1S/C17H15N3O4S/c1-10-15(11(2)21)16(13-8-9-14(24-13)20(22)23)18-17(25)19(10)12-6-4-3-5-7-12/h3-9,16H,1-2H3,(H,18,25)/t16-/m0/s1. The van der Waals surface area contributed by atoms with Crippen LogP contribution in [0, 0.1) is 10.1 Å². The first-order chi connectivity index (χ1) is 11.9. The summed E-state index contributed by atoms with van der Waals surface area (Å²) in [5, 5.41) is 14.3. The highest BCUT2D eigenvalue weighted by Gasteiger charge is 2.35. The number of Topliss-reactive ketones (excluding diaryl/α,β-unsaturated/α-hetero) is 1. The van der Waals surface area contributed by atoms with Crippen LogP contribution in [0.15, 0.2) is 58.2 Å². The molecule has 1 aliphatic rings. The molecule has 7 nitrogen and oxygen atoms in total. The molecule has 0 radical (unpaired) electrons. The summed E-state index contributed by atoms with van der Waals surface area (Å²) in [4.78, 5) is 24.3. The van der Waals surface area contributed by atoms with E-state index in [9.17, 15) is 14.9 Å². The average molecular weight is 357 g/mol. The molecular formula is C17H15N3O4S. The lowest BCUT2D eigenvalue weighted by Crippen LogP contribution is -2.47. The van der Waals surface area contributed by atoms with E-state index in [2.05, 4.69) is 5.32 Å². The number of allylic oxidation sites excluding steroid dienone is 1. The molecule has 0 unspecified atom stereocenters. The minimum Gasteiger partial charge on any atom is -0.403 e.